The van der Waals surface area contributed by atoms with E-state index in [2.05, 4.69) is 5.32 Å². The van der Waals surface area contributed by atoms with Crippen molar-refractivity contribution >= 4 is 27.5 Å². The van der Waals surface area contributed by atoms with E-state index in [1.807, 2.05) is 6.92 Å². The number of amides is 2. The summed E-state index contributed by atoms with van der Waals surface area (Å²) in [6.45, 7) is 3.66. The number of hydrogen-bond acceptors (Lipinski definition) is 6. The van der Waals surface area contributed by atoms with Gasteiger partial charge < -0.3 is 14.8 Å². The third kappa shape index (κ3) is 3.97. The van der Waals surface area contributed by atoms with Crippen molar-refractivity contribution < 1.29 is 27.5 Å². The third-order valence-electron chi connectivity index (χ3n) is 5.16. The Hall–Kier alpha value is -3.07. The number of nitrogens with one attached hydrogen (secondary N) is 1. The Bertz CT molecular complexity index is 1100. The topological polar surface area (TPSA) is 102 Å². The molecule has 0 bridgehead atoms. The highest BCUT2D eigenvalue weighted by atomic mass is 32.2. The Labute approximate surface area is 175 Å². The minimum Gasteiger partial charge on any atom is -0.497 e. The van der Waals surface area contributed by atoms with Crippen molar-refractivity contribution in [3.8, 4) is 11.5 Å². The van der Waals surface area contributed by atoms with Crippen LogP contribution >= 0.6 is 0 Å². The van der Waals surface area contributed by atoms with Crippen LogP contribution in [0.3, 0.4) is 0 Å². The normalized spacial score (nSPS) is 16.5. The molecule has 160 valence electrons. The van der Waals surface area contributed by atoms with Crippen LogP contribution in [0.2, 0.25) is 0 Å². The molecule has 2 amide bonds. The highest BCUT2D eigenvalue weighted by molar-refractivity contribution is 7.89. The smallest absolute Gasteiger partial charge is 0.267 e. The average Bonchev–Trinajstić information content (AvgIpc) is 3.12. The van der Waals surface area contributed by atoms with Crippen molar-refractivity contribution in [2.45, 2.75) is 37.6 Å². The van der Waals surface area contributed by atoms with Gasteiger partial charge in [0.15, 0.2) is 0 Å². The first-order valence-corrected chi connectivity index (χ1v) is 10.8. The molecule has 9 heteroatoms. The van der Waals surface area contributed by atoms with Crippen LogP contribution < -0.4 is 14.8 Å². The molecule has 0 aromatic heterocycles. The number of nitrogens with zero attached hydrogens (tertiary/aromatic N) is 1. The van der Waals surface area contributed by atoms with Crippen LogP contribution in [0.1, 0.15) is 24.0 Å². The number of anilines is 1. The molecule has 1 atom stereocenters. The van der Waals surface area contributed by atoms with Gasteiger partial charge in [0.1, 0.15) is 17.5 Å². The summed E-state index contributed by atoms with van der Waals surface area (Å²) in [6, 6.07) is 8.34. The van der Waals surface area contributed by atoms with Crippen LogP contribution in [-0.4, -0.2) is 44.8 Å². The van der Waals surface area contributed by atoms with Crippen LogP contribution in [0.25, 0.3) is 0 Å². The fraction of sp³-hybridized carbons (Fsp3) is 0.333. The van der Waals surface area contributed by atoms with Crippen molar-refractivity contribution in [1.82, 2.24) is 4.31 Å². The Morgan fingerprint density at radius 2 is 1.80 bits per heavy atom. The number of aryl methyl sites for hydroxylation is 2. The van der Waals surface area contributed by atoms with Gasteiger partial charge in [-0.1, -0.05) is 6.07 Å². The molecule has 1 fully saturated rings. The summed E-state index contributed by atoms with van der Waals surface area (Å²) in [5, 5.41) is 2.67. The van der Waals surface area contributed by atoms with Gasteiger partial charge in [0.05, 0.1) is 24.8 Å². The highest BCUT2D eigenvalue weighted by Gasteiger charge is 2.44. The minimum atomic E-state index is -4.18. The fourth-order valence-electron chi connectivity index (χ4n) is 3.32. The Kier molecular flexibility index (Phi) is 6.02. The fourth-order valence-corrected chi connectivity index (χ4v) is 5.00. The molecule has 2 aromatic carbocycles. The van der Waals surface area contributed by atoms with E-state index in [0.717, 1.165) is 11.1 Å². The van der Waals surface area contributed by atoms with Crippen LogP contribution in [0.5, 0.6) is 11.5 Å². The summed E-state index contributed by atoms with van der Waals surface area (Å²) in [4.78, 5) is 25.4. The van der Waals surface area contributed by atoms with Crippen LogP contribution in [-0.2, 0) is 19.6 Å². The van der Waals surface area contributed by atoms with Gasteiger partial charge in [-0.25, -0.2) is 12.7 Å². The van der Waals surface area contributed by atoms with Gasteiger partial charge in [-0.05, 0) is 55.7 Å². The van der Waals surface area contributed by atoms with Crippen molar-refractivity contribution in [1.29, 1.82) is 0 Å². The second-order valence-electron chi connectivity index (χ2n) is 7.05. The molecule has 1 aliphatic heterocycles. The van der Waals surface area contributed by atoms with E-state index < -0.39 is 27.9 Å². The van der Waals surface area contributed by atoms with Gasteiger partial charge in [0.2, 0.25) is 11.8 Å². The first kappa shape index (κ1) is 21.6. The molecule has 0 saturated carbocycles. The monoisotopic (exact) mass is 432 g/mol. The Balaban J connectivity index is 1.93. The predicted octanol–water partition coefficient (Wildman–Crippen LogP) is 2.64. The van der Waals surface area contributed by atoms with E-state index in [9.17, 15) is 18.0 Å². The molecule has 0 unspecified atom stereocenters. The maximum atomic E-state index is 13.2. The molecule has 0 spiro atoms. The number of carbonyl (C=O) groups is 2. The minimum absolute atomic E-state index is 0.0161. The number of benzene rings is 2. The van der Waals surface area contributed by atoms with Gasteiger partial charge in [-0.2, -0.15) is 0 Å². The summed E-state index contributed by atoms with van der Waals surface area (Å²) in [5.41, 5.74) is 2.04. The quantitative estimate of drug-likeness (QED) is 0.753. The van der Waals surface area contributed by atoms with Gasteiger partial charge in [0.25, 0.3) is 10.0 Å². The molecule has 1 aliphatic rings. The summed E-state index contributed by atoms with van der Waals surface area (Å²) in [5.74, 6) is -0.337. The molecule has 1 heterocycles. The van der Waals surface area contributed by atoms with E-state index in [4.69, 9.17) is 9.47 Å². The molecule has 1 N–H and O–H groups in total. The maximum Gasteiger partial charge on any atom is 0.267 e. The zero-order valence-corrected chi connectivity index (χ0v) is 18.1. The predicted molar refractivity (Wildman–Crippen MR) is 111 cm³/mol. The SMILES string of the molecule is COc1ccc(OC)c(NC(=O)[C@H]2CCC(=O)N2S(=O)(=O)c2ccc(C)c(C)c2)c1. The Morgan fingerprint density at radius 3 is 2.43 bits per heavy atom. The number of hydrogen-bond donors (Lipinski definition) is 1. The molecular weight excluding hydrogens is 408 g/mol. The number of sulfonamides is 1. The molecule has 30 heavy (non-hydrogen) atoms. The van der Waals surface area contributed by atoms with Gasteiger partial charge >= 0.3 is 0 Å². The second-order valence-corrected chi connectivity index (χ2v) is 8.87. The summed E-state index contributed by atoms with van der Waals surface area (Å²) in [6.07, 6.45) is 0.0679. The first-order valence-electron chi connectivity index (χ1n) is 9.36. The summed E-state index contributed by atoms with van der Waals surface area (Å²) in [7, 11) is -1.24. The molecule has 2 aromatic rings. The zero-order chi connectivity index (χ0) is 22.1. The lowest BCUT2D eigenvalue weighted by atomic mass is 10.1. The van der Waals surface area contributed by atoms with E-state index in [-0.39, 0.29) is 17.7 Å². The van der Waals surface area contributed by atoms with E-state index in [1.165, 1.54) is 26.4 Å². The molecule has 0 radical (unpaired) electrons. The van der Waals surface area contributed by atoms with Crippen LogP contribution in [0, 0.1) is 13.8 Å². The van der Waals surface area contributed by atoms with Crippen molar-refractivity contribution in [3.05, 3.63) is 47.5 Å². The van der Waals surface area contributed by atoms with E-state index in [0.29, 0.717) is 21.5 Å². The first-order chi connectivity index (χ1) is 14.2. The van der Waals surface area contributed by atoms with E-state index in [1.54, 1.807) is 31.2 Å². The summed E-state index contributed by atoms with van der Waals surface area (Å²) < 4.78 is 37.5. The van der Waals surface area contributed by atoms with Gasteiger partial charge in [-0.15, -0.1) is 0 Å². The molecule has 1 saturated heterocycles. The molecule has 3 rings (SSSR count). The average molecular weight is 432 g/mol. The second kappa shape index (κ2) is 8.35. The number of rotatable bonds is 6. The van der Waals surface area contributed by atoms with Crippen LogP contribution in [0.15, 0.2) is 41.3 Å². The lowest BCUT2D eigenvalue weighted by molar-refractivity contribution is -0.128. The van der Waals surface area contributed by atoms with Crippen molar-refractivity contribution in [3.63, 3.8) is 0 Å². The van der Waals surface area contributed by atoms with E-state index >= 15 is 0 Å². The number of ether oxygens (including phenoxy) is 2. The van der Waals surface area contributed by atoms with Crippen LogP contribution in [0.4, 0.5) is 5.69 Å². The lowest BCUT2D eigenvalue weighted by Crippen LogP contribution is -2.45. The highest BCUT2D eigenvalue weighted by Crippen LogP contribution is 2.32. The van der Waals surface area contributed by atoms with Crippen molar-refractivity contribution in [2.75, 3.05) is 19.5 Å². The maximum absolute atomic E-state index is 13.2. The largest absolute Gasteiger partial charge is 0.497 e. The number of methoxy groups -OCH3 is 2. The zero-order valence-electron chi connectivity index (χ0n) is 17.3. The standard InChI is InChI=1S/C21H24N2O6S/c1-13-5-7-16(11-14(13)2)30(26,27)23-18(8-10-20(23)24)21(25)22-17-12-15(28-3)6-9-19(17)29-4/h5-7,9,11-12,18H,8,10H2,1-4H3,(H,22,25)/t18-/m1/s1. The Morgan fingerprint density at radius 1 is 1.07 bits per heavy atom. The van der Waals surface area contributed by atoms with Gasteiger partial charge in [-0.3, -0.25) is 9.59 Å². The molecular formula is C21H24N2O6S. The number of carbonyl (C=O) groups excluding carboxylic acids is 2. The third-order valence-corrected chi connectivity index (χ3v) is 6.99. The van der Waals surface area contributed by atoms with Gasteiger partial charge in [0, 0.05) is 12.5 Å². The van der Waals surface area contributed by atoms with Crippen molar-refractivity contribution in [2.24, 2.45) is 0 Å². The lowest BCUT2D eigenvalue weighted by Gasteiger charge is -2.24. The molecule has 0 aliphatic carbocycles. The summed E-state index contributed by atoms with van der Waals surface area (Å²) >= 11 is 0. The molecule has 8 nitrogen and oxygen atoms in total.